The zero-order valence-corrected chi connectivity index (χ0v) is 41.1. The topological polar surface area (TPSA) is 220 Å². The number of hydrogen-bond acceptors (Lipinski definition) is 12. The molecule has 0 fully saturated rings. The Bertz CT molecular complexity index is 2280. The second-order valence-electron chi connectivity index (χ2n) is 14.6. The van der Waals surface area contributed by atoms with Gasteiger partial charge in [0.25, 0.3) is 11.6 Å². The normalized spacial score (nSPS) is 16.0. The van der Waals surface area contributed by atoms with E-state index in [4.69, 9.17) is 58.1 Å². The Morgan fingerprint density at radius 1 is 0.419 bits per heavy atom. The van der Waals surface area contributed by atoms with Gasteiger partial charge in [-0.3, -0.25) is 20.2 Å². The predicted molar refractivity (Wildman–Crippen MR) is 248 cm³/mol. The van der Waals surface area contributed by atoms with Crippen LogP contribution in [0.3, 0.4) is 0 Å². The smallest absolute Gasteiger partial charge is 0.253 e. The summed E-state index contributed by atoms with van der Waals surface area (Å²) in [5.41, 5.74) is 4.62. The molecule has 74 heavy (non-hydrogen) atoms. The fourth-order valence-electron chi connectivity index (χ4n) is 5.48. The van der Waals surface area contributed by atoms with Gasteiger partial charge in [-0.25, -0.2) is 19.9 Å². The number of aromatic amines is 4. The number of halogens is 12. The molecule has 32 heteroatoms. The fourth-order valence-corrected chi connectivity index (χ4v) is 5.48. The van der Waals surface area contributed by atoms with E-state index in [-0.39, 0.29) is 0 Å². The van der Waals surface area contributed by atoms with E-state index in [1.807, 2.05) is 72.8 Å². The number of nitrogens with one attached hydrogen (secondary N) is 4. The molecule has 4 aromatic carbocycles. The average Bonchev–Trinajstić information content (AvgIpc) is 3.89. The Morgan fingerprint density at radius 2 is 0.622 bits per heavy atom. The number of hydrogen-bond donors (Lipinski definition) is 2. The summed E-state index contributed by atoms with van der Waals surface area (Å²) in [6.45, 7) is 5.48. The number of para-hydroxylation sites is 8. The molecule has 0 saturated carbocycles. The molecule has 6 aromatic rings. The van der Waals surface area contributed by atoms with E-state index >= 15 is 0 Å². The van der Waals surface area contributed by atoms with Crippen molar-refractivity contribution in [1.29, 1.82) is 0 Å². The zero-order chi connectivity index (χ0) is 55.4. The first-order valence-electron chi connectivity index (χ1n) is 21.5. The van der Waals surface area contributed by atoms with Gasteiger partial charge < -0.3 is 37.9 Å². The summed E-state index contributed by atoms with van der Waals surface area (Å²) >= 11 is 0. The average molecular weight is 1120 g/mol. The summed E-state index contributed by atoms with van der Waals surface area (Å²) < 4.78 is 164. The summed E-state index contributed by atoms with van der Waals surface area (Å²) in [5, 5.41) is 17.6. The molecule has 2 aromatic heterocycles. The van der Waals surface area contributed by atoms with Crippen LogP contribution in [0.4, 0.5) is 50.4 Å². The minimum Gasteiger partial charge on any atom is -0.487 e. The van der Waals surface area contributed by atoms with Crippen LogP contribution in [-0.4, -0.2) is 113 Å². The van der Waals surface area contributed by atoms with E-state index in [1.54, 1.807) is 0 Å². The number of benzene rings is 4. The van der Waals surface area contributed by atoms with Crippen LogP contribution in [0, 0.1) is 20.2 Å². The second-order valence-corrected chi connectivity index (χ2v) is 18.4. The van der Waals surface area contributed by atoms with Crippen molar-refractivity contribution in [2.45, 2.75) is 12.8 Å². The minimum absolute atomic E-state index is 0.425. The number of nitro groups is 2. The number of ether oxygens (including phenoxy) is 8. The van der Waals surface area contributed by atoms with Crippen LogP contribution >= 0.6 is 15.6 Å². The van der Waals surface area contributed by atoms with Gasteiger partial charge in [0.1, 0.15) is 26.4 Å². The Hall–Kier alpha value is -6.32. The van der Waals surface area contributed by atoms with Crippen molar-refractivity contribution in [1.82, 2.24) is 9.97 Å². The number of fused-ring (bicyclic) bond motifs is 4. The third-order valence-electron chi connectivity index (χ3n) is 8.00. The number of nitrogens with zero attached hydrogens (tertiary/aromatic N) is 2. The molecule has 0 unspecified atom stereocenters. The Balaban J connectivity index is 0.000000375. The van der Waals surface area contributed by atoms with Gasteiger partial charge in [-0.15, -0.1) is 0 Å². The monoisotopic (exact) mass is 1120 g/mol. The molecule has 7 rings (SSSR count). The zero-order valence-electron chi connectivity index (χ0n) is 39.4. The van der Waals surface area contributed by atoms with Gasteiger partial charge in [0.2, 0.25) is 0 Å². The van der Waals surface area contributed by atoms with E-state index in [1.165, 1.54) is 0 Å². The number of H-pyrrole nitrogens is 4. The summed E-state index contributed by atoms with van der Waals surface area (Å²) in [4.78, 5) is 30.3. The van der Waals surface area contributed by atoms with Crippen molar-refractivity contribution in [3.63, 3.8) is 0 Å². The molecule has 0 radical (unpaired) electrons. The Kier molecular flexibility index (Phi) is 24.0. The van der Waals surface area contributed by atoms with E-state index in [0.29, 0.717) is 102 Å². The van der Waals surface area contributed by atoms with Gasteiger partial charge in [-0.1, -0.05) is 48.5 Å². The first kappa shape index (κ1) is 63.8. The van der Waals surface area contributed by atoms with Crippen LogP contribution in [0.25, 0.3) is 22.1 Å². The van der Waals surface area contributed by atoms with Gasteiger partial charge >= 0.3 is 66.0 Å². The third-order valence-corrected chi connectivity index (χ3v) is 8.00. The Morgan fingerprint density at radius 3 is 0.851 bits per heavy atom. The van der Waals surface area contributed by atoms with Crippen LogP contribution in [0.1, 0.15) is 11.6 Å². The van der Waals surface area contributed by atoms with E-state index in [2.05, 4.69) is 44.2 Å². The van der Waals surface area contributed by atoms with Gasteiger partial charge in [0.05, 0.1) is 65.7 Å². The van der Waals surface area contributed by atoms with Crippen LogP contribution in [-0.2, 0) is 31.8 Å². The quantitative estimate of drug-likeness (QED) is 0.0731. The van der Waals surface area contributed by atoms with Crippen LogP contribution < -0.4 is 28.9 Å². The van der Waals surface area contributed by atoms with Gasteiger partial charge in [0.15, 0.2) is 59.2 Å². The van der Waals surface area contributed by atoms with Crippen molar-refractivity contribution in [2.75, 3.05) is 93.4 Å². The number of rotatable bonds is 3. The molecule has 0 amide bonds. The minimum atomic E-state index is -10.7. The van der Waals surface area contributed by atoms with E-state index < -0.39 is 25.5 Å². The molecule has 418 valence electrons. The number of aryl methyl sites for hydroxylation is 2. The predicted octanol–water partition coefficient (Wildman–Crippen LogP) is 11.6. The first-order valence-corrected chi connectivity index (χ1v) is 25.5. The second kappa shape index (κ2) is 27.8. The summed E-state index contributed by atoms with van der Waals surface area (Å²) in [7, 11) is -19.5. The molecule has 0 spiro atoms. The third kappa shape index (κ3) is 38.3. The molecule has 0 atom stereocenters. The molecule has 0 bridgehead atoms. The summed E-state index contributed by atoms with van der Waals surface area (Å²) in [6.07, 6.45) is 1.88. The molecule has 18 nitrogen and oxygen atoms in total. The largest absolute Gasteiger partial charge is 0.487 e. The van der Waals surface area contributed by atoms with Crippen molar-refractivity contribution in [3.05, 3.63) is 129 Å². The Labute approximate surface area is 413 Å². The van der Waals surface area contributed by atoms with Gasteiger partial charge in [-0.2, -0.15) is 0 Å². The SMILES string of the molecule is C[N+](=O)[O-].C[N+](=O)[O-].F[P-](F)(F)(F)(F)F.F[P-](F)(F)(F)(F)F.c1ccc2[nH+]c(CCc3[nH]c4ccccc4[nH+]3)[nH]c2c1.c1ccc2c(c1)OCCOCCOCCOc1ccccc1OCCOCCOCCO2. The fraction of sp³-hybridized carbons (Fsp3) is 0.381. The summed E-state index contributed by atoms with van der Waals surface area (Å²) in [5.74, 6) is 5.03. The molecule has 3 heterocycles. The van der Waals surface area contributed by atoms with Crippen molar-refractivity contribution >= 4 is 37.7 Å². The van der Waals surface area contributed by atoms with Crippen LogP contribution in [0.5, 0.6) is 23.0 Å². The van der Waals surface area contributed by atoms with E-state index in [0.717, 1.165) is 60.7 Å². The maximum atomic E-state index is 9.87. The molecular weight excluding hydrogens is 1070 g/mol. The molecule has 0 saturated heterocycles. The molecule has 1 aliphatic rings. The van der Waals surface area contributed by atoms with Gasteiger partial charge in [-0.05, 0) is 48.5 Å². The summed E-state index contributed by atoms with van der Waals surface area (Å²) in [6, 6.07) is 31.6. The number of imidazole rings is 2. The van der Waals surface area contributed by atoms with Crippen LogP contribution in [0.15, 0.2) is 97.1 Å². The first-order chi connectivity index (χ1) is 34.2. The standard InChI is InChI=1S/C24H32O8.C16H14N4.2CH3NO2.2F6P/c1-2-6-22-21(5-1)29-17-13-25-9-10-27-15-19-31-23-7-3-4-8-24(23)32-20-16-28-12-11-26-14-18-30-22;1-2-6-12-11(5-1)17-15(18-12)9-10-16-19-13-7-3-4-8-14(13)20-16;2*1-2(3)4;2*1-7(2,3,4,5)6/h1-8H,9-20H2;1-8H,9-10H2,(H,17,18)(H,19,20);2*1H3;;/q;;;;2*-1/p+2. The molecular formula is C42H54F12N6O12P2. The van der Waals surface area contributed by atoms with Crippen LogP contribution in [0.2, 0.25) is 0 Å². The van der Waals surface area contributed by atoms with Crippen molar-refractivity contribution < 1.29 is 108 Å². The van der Waals surface area contributed by atoms with E-state index in [9.17, 15) is 50.4 Å². The maximum absolute atomic E-state index is 10.7. The van der Waals surface area contributed by atoms with Gasteiger partial charge in [0, 0.05) is 9.85 Å². The number of aromatic nitrogens is 4. The van der Waals surface area contributed by atoms with Crippen molar-refractivity contribution in [3.8, 4) is 23.0 Å². The molecule has 1 aliphatic heterocycles. The van der Waals surface area contributed by atoms with Crippen molar-refractivity contribution in [2.24, 2.45) is 0 Å². The molecule has 0 aliphatic carbocycles. The maximum Gasteiger partial charge on any atom is 0.253 e. The molecule has 4 N–H and O–H groups in total.